The van der Waals surface area contributed by atoms with Gasteiger partial charge < -0.3 is 23.6 Å². The normalized spacial score (nSPS) is 14.6. The lowest BCUT2D eigenvalue weighted by atomic mass is 10.1. The van der Waals surface area contributed by atoms with Gasteiger partial charge in [-0.15, -0.1) is 0 Å². The van der Waals surface area contributed by atoms with Crippen molar-refractivity contribution in [1.29, 1.82) is 0 Å². The molecule has 0 bridgehead atoms. The second-order valence-electron chi connectivity index (χ2n) is 9.41. The highest BCUT2D eigenvalue weighted by atomic mass is 16.5. The fourth-order valence-electron chi connectivity index (χ4n) is 4.26. The summed E-state index contributed by atoms with van der Waals surface area (Å²) in [6, 6.07) is 12.2. The molecule has 0 radical (unpaired) electrons. The molecule has 3 aromatic heterocycles. The number of piperidine rings is 1. The number of fused-ring (bicyclic) bond motifs is 1. The van der Waals surface area contributed by atoms with Gasteiger partial charge in [0.25, 0.3) is 5.91 Å². The zero-order chi connectivity index (χ0) is 24.5. The van der Waals surface area contributed by atoms with Crippen LogP contribution in [-0.4, -0.2) is 63.8 Å². The molecule has 0 aliphatic carbocycles. The van der Waals surface area contributed by atoms with Gasteiger partial charge in [-0.2, -0.15) is 4.98 Å². The Kier molecular flexibility index (Phi) is 6.15. The molecule has 5 rings (SSSR count). The summed E-state index contributed by atoms with van der Waals surface area (Å²) in [5, 5.41) is 5.05. The van der Waals surface area contributed by atoms with Crippen molar-refractivity contribution < 1.29 is 14.1 Å². The first kappa shape index (κ1) is 22.9. The number of hydrogen-bond acceptors (Lipinski definition) is 7. The number of carbonyl (C=O) groups is 1. The average Bonchev–Trinajstić information content (AvgIpc) is 3.52. The van der Waals surface area contributed by atoms with E-state index in [4.69, 9.17) is 9.26 Å². The molecule has 1 saturated heterocycles. The zero-order valence-electron chi connectivity index (χ0n) is 20.5. The molecule has 35 heavy (non-hydrogen) atoms. The molecule has 1 amide bonds. The van der Waals surface area contributed by atoms with E-state index in [9.17, 15) is 4.79 Å². The van der Waals surface area contributed by atoms with Gasteiger partial charge in [0, 0.05) is 63.1 Å². The maximum Gasteiger partial charge on any atom is 0.324 e. The Bertz CT molecular complexity index is 1320. The van der Waals surface area contributed by atoms with Crippen LogP contribution >= 0.6 is 0 Å². The summed E-state index contributed by atoms with van der Waals surface area (Å²) in [7, 11) is 3.51. The van der Waals surface area contributed by atoms with E-state index >= 15 is 0 Å². The first-order valence-electron chi connectivity index (χ1n) is 11.9. The molecule has 0 saturated carbocycles. The van der Waals surface area contributed by atoms with Crippen LogP contribution in [0.25, 0.3) is 16.7 Å². The minimum absolute atomic E-state index is 0.0116. The van der Waals surface area contributed by atoms with Crippen molar-refractivity contribution in [2.45, 2.75) is 38.7 Å². The Morgan fingerprint density at radius 1 is 1.14 bits per heavy atom. The SMILES string of the molecule is CC(C)c1noc(N2CCC(Oc3ccc(-n4ccc5cc(C(=O)N(C)C)ccc54)nc3)CC2)n1. The van der Waals surface area contributed by atoms with Gasteiger partial charge in [0.05, 0.1) is 11.7 Å². The van der Waals surface area contributed by atoms with E-state index in [0.29, 0.717) is 11.6 Å². The third kappa shape index (κ3) is 4.71. The Morgan fingerprint density at radius 3 is 2.60 bits per heavy atom. The maximum absolute atomic E-state index is 12.3. The molecule has 4 heterocycles. The third-order valence-electron chi connectivity index (χ3n) is 6.27. The van der Waals surface area contributed by atoms with Crippen molar-refractivity contribution in [2.75, 3.05) is 32.1 Å². The van der Waals surface area contributed by atoms with Crippen molar-refractivity contribution in [2.24, 2.45) is 0 Å². The molecule has 1 fully saturated rings. The van der Waals surface area contributed by atoms with E-state index in [2.05, 4.69) is 33.9 Å². The van der Waals surface area contributed by atoms with Gasteiger partial charge in [-0.25, -0.2) is 4.98 Å². The number of hydrogen-bond donors (Lipinski definition) is 0. The van der Waals surface area contributed by atoms with Gasteiger partial charge >= 0.3 is 6.01 Å². The molecular formula is C26H30N6O3. The quantitative estimate of drug-likeness (QED) is 0.412. The monoisotopic (exact) mass is 474 g/mol. The zero-order valence-corrected chi connectivity index (χ0v) is 20.5. The summed E-state index contributed by atoms with van der Waals surface area (Å²) in [5.41, 5.74) is 1.66. The Balaban J connectivity index is 1.22. The van der Waals surface area contributed by atoms with Crippen LogP contribution in [0.1, 0.15) is 48.8 Å². The smallest absolute Gasteiger partial charge is 0.324 e. The summed E-state index contributed by atoms with van der Waals surface area (Å²) in [6.45, 7) is 5.72. The van der Waals surface area contributed by atoms with E-state index in [1.54, 1.807) is 25.2 Å². The Labute approximate surface area is 204 Å². The van der Waals surface area contributed by atoms with Crippen LogP contribution in [0, 0.1) is 0 Å². The number of amides is 1. The van der Waals surface area contributed by atoms with Crippen LogP contribution in [0.15, 0.2) is 53.3 Å². The molecule has 0 N–H and O–H groups in total. The van der Waals surface area contributed by atoms with Gasteiger partial charge in [-0.3, -0.25) is 4.79 Å². The van der Waals surface area contributed by atoms with E-state index in [-0.39, 0.29) is 17.9 Å². The second-order valence-corrected chi connectivity index (χ2v) is 9.41. The number of benzene rings is 1. The number of anilines is 1. The summed E-state index contributed by atoms with van der Waals surface area (Å²) in [5.74, 6) is 2.52. The van der Waals surface area contributed by atoms with Gasteiger partial charge in [0.15, 0.2) is 5.82 Å². The molecule has 1 aliphatic heterocycles. The van der Waals surface area contributed by atoms with Gasteiger partial charge in [-0.1, -0.05) is 19.0 Å². The average molecular weight is 475 g/mol. The van der Waals surface area contributed by atoms with Crippen LogP contribution < -0.4 is 9.64 Å². The first-order chi connectivity index (χ1) is 16.9. The van der Waals surface area contributed by atoms with Crippen LogP contribution in [0.2, 0.25) is 0 Å². The highest BCUT2D eigenvalue weighted by Gasteiger charge is 2.25. The lowest BCUT2D eigenvalue weighted by Crippen LogP contribution is -2.38. The lowest BCUT2D eigenvalue weighted by Gasteiger charge is -2.30. The van der Waals surface area contributed by atoms with E-state index in [0.717, 1.165) is 54.2 Å². The lowest BCUT2D eigenvalue weighted by molar-refractivity contribution is 0.0827. The third-order valence-corrected chi connectivity index (χ3v) is 6.27. The van der Waals surface area contributed by atoms with Crippen LogP contribution in [0.4, 0.5) is 6.01 Å². The topological polar surface area (TPSA) is 89.5 Å². The predicted molar refractivity (Wildman–Crippen MR) is 133 cm³/mol. The van der Waals surface area contributed by atoms with E-state index < -0.39 is 0 Å². The van der Waals surface area contributed by atoms with E-state index in [1.165, 1.54) is 0 Å². The van der Waals surface area contributed by atoms with Crippen molar-refractivity contribution >= 4 is 22.8 Å². The largest absolute Gasteiger partial charge is 0.489 e. The number of aromatic nitrogens is 4. The number of rotatable bonds is 6. The van der Waals surface area contributed by atoms with Crippen LogP contribution in [0.3, 0.4) is 0 Å². The molecule has 0 unspecified atom stereocenters. The van der Waals surface area contributed by atoms with Crippen molar-refractivity contribution in [1.82, 2.24) is 24.6 Å². The standard InChI is InChI=1S/C26H30N6O3/c1-17(2)24-28-26(35-29-24)31-12-10-20(11-13-31)34-21-6-8-23(27-16-21)32-14-9-18-15-19(5-7-22(18)32)25(33)30(3)4/h5-9,14-17,20H,10-13H2,1-4H3. The minimum atomic E-state index is -0.0116. The second kappa shape index (κ2) is 9.40. The van der Waals surface area contributed by atoms with Crippen LogP contribution in [0.5, 0.6) is 5.75 Å². The fourth-order valence-corrected chi connectivity index (χ4v) is 4.26. The number of nitrogens with zero attached hydrogens (tertiary/aromatic N) is 6. The fraction of sp³-hybridized carbons (Fsp3) is 0.385. The van der Waals surface area contributed by atoms with Crippen LogP contribution in [-0.2, 0) is 0 Å². The Hall–Kier alpha value is -3.88. The summed E-state index contributed by atoms with van der Waals surface area (Å²) >= 11 is 0. The number of ether oxygens (including phenoxy) is 1. The van der Waals surface area contributed by atoms with Crippen molar-refractivity contribution in [3.8, 4) is 11.6 Å². The summed E-state index contributed by atoms with van der Waals surface area (Å²) < 4.78 is 13.6. The highest BCUT2D eigenvalue weighted by Crippen LogP contribution is 2.25. The number of carbonyl (C=O) groups excluding carboxylic acids is 1. The molecule has 182 valence electrons. The van der Waals surface area contributed by atoms with Crippen molar-refractivity contribution in [3.63, 3.8) is 0 Å². The Morgan fingerprint density at radius 2 is 1.94 bits per heavy atom. The number of pyridine rings is 1. The van der Waals surface area contributed by atoms with Gasteiger partial charge in [-0.05, 0) is 36.4 Å². The molecule has 0 spiro atoms. The van der Waals surface area contributed by atoms with Crippen molar-refractivity contribution in [3.05, 3.63) is 60.2 Å². The van der Waals surface area contributed by atoms with E-state index in [1.807, 2.05) is 47.2 Å². The predicted octanol–water partition coefficient (Wildman–Crippen LogP) is 4.28. The molecule has 0 atom stereocenters. The molecule has 1 aliphatic rings. The van der Waals surface area contributed by atoms with Gasteiger partial charge in [0.1, 0.15) is 17.7 Å². The first-order valence-corrected chi connectivity index (χ1v) is 11.9. The highest BCUT2D eigenvalue weighted by molar-refractivity contribution is 5.98. The molecule has 9 heteroatoms. The summed E-state index contributed by atoms with van der Waals surface area (Å²) in [4.78, 5) is 25.1. The molecular weight excluding hydrogens is 444 g/mol. The van der Waals surface area contributed by atoms with Gasteiger partial charge in [0.2, 0.25) is 0 Å². The minimum Gasteiger partial charge on any atom is -0.489 e. The summed E-state index contributed by atoms with van der Waals surface area (Å²) in [6.07, 6.45) is 5.60. The molecule has 4 aromatic rings. The maximum atomic E-state index is 12.3. The molecule has 9 nitrogen and oxygen atoms in total. The molecule has 1 aromatic carbocycles.